The fourth-order valence-corrected chi connectivity index (χ4v) is 4.14. The van der Waals surface area contributed by atoms with E-state index >= 15 is 0 Å². The number of nitrogens with zero attached hydrogens (tertiary/aromatic N) is 2. The lowest BCUT2D eigenvalue weighted by Gasteiger charge is -2.31. The Hall–Kier alpha value is -2.81. The fraction of sp³-hybridized carbons (Fsp3) is 0.333. The number of nitrogens with one attached hydrogen (secondary N) is 1. The van der Waals surface area contributed by atoms with Crippen LogP contribution in [-0.2, 0) is 17.4 Å². The van der Waals surface area contributed by atoms with E-state index in [1.807, 2.05) is 22.4 Å². The highest BCUT2D eigenvalue weighted by molar-refractivity contribution is 7.13. The topological polar surface area (TPSA) is 58.4 Å². The Bertz CT molecular complexity index is 1010. The minimum Gasteiger partial charge on any atom is -0.444 e. The lowest BCUT2D eigenvalue weighted by atomic mass is 10.1. The Morgan fingerprint density at radius 1 is 1.20 bits per heavy atom. The molecular formula is C21H20F3N3O2S. The molecule has 1 aliphatic rings. The standard InChI is InChI=1S/C21H20F3N3O2S/c22-21(23,24)14-6-7-17(27-8-2-1-3-9-27)16(11-14)26-19(28)12-15-13-29-20(25-15)18-5-4-10-30-18/h4-7,10-11,13H,1-3,8-9,12H2,(H,26,28). The maximum Gasteiger partial charge on any atom is 0.416 e. The molecule has 0 bridgehead atoms. The normalized spacial score (nSPS) is 14.7. The predicted octanol–water partition coefficient (Wildman–Crippen LogP) is 5.59. The van der Waals surface area contributed by atoms with Crippen LogP contribution in [0.2, 0.25) is 0 Å². The largest absolute Gasteiger partial charge is 0.444 e. The van der Waals surface area contributed by atoms with Crippen molar-refractivity contribution in [2.45, 2.75) is 31.9 Å². The molecule has 4 rings (SSSR count). The SMILES string of the molecule is O=C(Cc1coc(-c2cccs2)n1)Nc1cc(C(F)(F)F)ccc1N1CCCCC1. The molecule has 1 fully saturated rings. The summed E-state index contributed by atoms with van der Waals surface area (Å²) in [6.07, 6.45) is -0.145. The number of thiophene rings is 1. The van der Waals surface area contributed by atoms with Crippen LogP contribution in [0.15, 0.2) is 46.4 Å². The molecule has 0 aliphatic carbocycles. The first-order chi connectivity index (χ1) is 14.4. The van der Waals surface area contributed by atoms with E-state index in [0.29, 0.717) is 17.3 Å². The van der Waals surface area contributed by atoms with E-state index in [2.05, 4.69) is 10.3 Å². The number of hydrogen-bond donors (Lipinski definition) is 1. The number of anilines is 2. The van der Waals surface area contributed by atoms with Crippen molar-refractivity contribution in [3.8, 4) is 10.8 Å². The highest BCUT2D eigenvalue weighted by atomic mass is 32.1. The highest BCUT2D eigenvalue weighted by Crippen LogP contribution is 2.36. The summed E-state index contributed by atoms with van der Waals surface area (Å²) in [5.74, 6) is -0.0283. The van der Waals surface area contributed by atoms with Crippen LogP contribution in [0.3, 0.4) is 0 Å². The Balaban J connectivity index is 1.53. The molecule has 0 radical (unpaired) electrons. The van der Waals surface area contributed by atoms with E-state index < -0.39 is 17.6 Å². The Morgan fingerprint density at radius 2 is 2.00 bits per heavy atom. The van der Waals surface area contributed by atoms with Gasteiger partial charge in [-0.25, -0.2) is 4.98 Å². The van der Waals surface area contributed by atoms with Crippen LogP contribution in [0.4, 0.5) is 24.5 Å². The van der Waals surface area contributed by atoms with Gasteiger partial charge in [0.2, 0.25) is 11.8 Å². The molecule has 0 saturated carbocycles. The van der Waals surface area contributed by atoms with Crippen LogP contribution >= 0.6 is 11.3 Å². The number of alkyl halides is 3. The third-order valence-electron chi connectivity index (χ3n) is 4.92. The lowest BCUT2D eigenvalue weighted by molar-refractivity contribution is -0.137. The van der Waals surface area contributed by atoms with Crippen LogP contribution in [0.1, 0.15) is 30.5 Å². The Kier molecular flexibility index (Phi) is 5.80. The minimum atomic E-state index is -4.48. The monoisotopic (exact) mass is 435 g/mol. The van der Waals surface area contributed by atoms with Crippen molar-refractivity contribution in [3.05, 3.63) is 53.2 Å². The van der Waals surface area contributed by atoms with Crippen molar-refractivity contribution >= 4 is 28.6 Å². The summed E-state index contributed by atoms with van der Waals surface area (Å²) >= 11 is 1.46. The van der Waals surface area contributed by atoms with E-state index in [4.69, 9.17) is 4.42 Å². The number of halogens is 3. The lowest BCUT2D eigenvalue weighted by Crippen LogP contribution is -2.30. The number of carbonyl (C=O) groups excluding carboxylic acids is 1. The molecule has 3 heterocycles. The number of aromatic nitrogens is 1. The average molecular weight is 435 g/mol. The van der Waals surface area contributed by atoms with E-state index in [9.17, 15) is 18.0 Å². The van der Waals surface area contributed by atoms with Gasteiger partial charge in [0.15, 0.2) is 0 Å². The summed E-state index contributed by atoms with van der Waals surface area (Å²) in [7, 11) is 0. The molecule has 0 atom stereocenters. The summed E-state index contributed by atoms with van der Waals surface area (Å²) in [6, 6.07) is 7.22. The van der Waals surface area contributed by atoms with Gasteiger partial charge >= 0.3 is 6.18 Å². The second kappa shape index (κ2) is 8.51. The maximum atomic E-state index is 13.2. The Morgan fingerprint density at radius 3 is 2.70 bits per heavy atom. The van der Waals surface area contributed by atoms with Crippen molar-refractivity contribution in [1.82, 2.24) is 4.98 Å². The first kappa shape index (κ1) is 20.5. The number of piperidine rings is 1. The number of rotatable bonds is 5. The maximum absolute atomic E-state index is 13.2. The second-order valence-corrected chi connectivity index (χ2v) is 8.07. The van der Waals surface area contributed by atoms with Crippen molar-refractivity contribution in [3.63, 3.8) is 0 Å². The molecule has 0 spiro atoms. The minimum absolute atomic E-state index is 0.0927. The molecule has 30 heavy (non-hydrogen) atoms. The molecule has 158 valence electrons. The molecule has 5 nitrogen and oxygen atoms in total. The van der Waals surface area contributed by atoms with Gasteiger partial charge in [-0.3, -0.25) is 4.79 Å². The predicted molar refractivity (Wildman–Crippen MR) is 110 cm³/mol. The zero-order chi connectivity index (χ0) is 21.1. The van der Waals surface area contributed by atoms with Crippen LogP contribution in [0, 0.1) is 0 Å². The van der Waals surface area contributed by atoms with Crippen LogP contribution in [-0.4, -0.2) is 24.0 Å². The third kappa shape index (κ3) is 4.67. The van der Waals surface area contributed by atoms with Gasteiger partial charge in [0.05, 0.1) is 33.9 Å². The van der Waals surface area contributed by atoms with Gasteiger partial charge in [-0.1, -0.05) is 6.07 Å². The molecule has 1 aliphatic heterocycles. The summed E-state index contributed by atoms with van der Waals surface area (Å²) in [4.78, 5) is 19.7. The van der Waals surface area contributed by atoms with Gasteiger partial charge in [0.25, 0.3) is 0 Å². The van der Waals surface area contributed by atoms with Gasteiger partial charge in [0, 0.05) is 13.1 Å². The van der Waals surface area contributed by atoms with E-state index in [1.54, 1.807) is 0 Å². The van der Waals surface area contributed by atoms with Crippen molar-refractivity contribution in [2.75, 3.05) is 23.3 Å². The third-order valence-corrected chi connectivity index (χ3v) is 5.78. The molecule has 1 N–H and O–H groups in total. The van der Waals surface area contributed by atoms with Crippen LogP contribution in [0.25, 0.3) is 10.8 Å². The first-order valence-electron chi connectivity index (χ1n) is 9.64. The number of hydrogen-bond acceptors (Lipinski definition) is 5. The summed E-state index contributed by atoms with van der Waals surface area (Å²) in [6.45, 7) is 1.50. The van der Waals surface area contributed by atoms with Crippen molar-refractivity contribution < 1.29 is 22.4 Å². The van der Waals surface area contributed by atoms with Gasteiger partial charge in [-0.05, 0) is 48.9 Å². The Labute approximate surface area is 175 Å². The van der Waals surface area contributed by atoms with Crippen molar-refractivity contribution in [1.29, 1.82) is 0 Å². The molecule has 0 unspecified atom stereocenters. The van der Waals surface area contributed by atoms with E-state index in [0.717, 1.165) is 49.4 Å². The number of carbonyl (C=O) groups is 1. The number of benzene rings is 1. The zero-order valence-electron chi connectivity index (χ0n) is 16.0. The molecule has 2 aromatic heterocycles. The summed E-state index contributed by atoms with van der Waals surface area (Å²) in [5, 5.41) is 4.54. The molecule has 1 aromatic carbocycles. The first-order valence-corrected chi connectivity index (χ1v) is 10.5. The molecule has 1 saturated heterocycles. The highest BCUT2D eigenvalue weighted by Gasteiger charge is 2.32. The molecule has 1 amide bonds. The second-order valence-electron chi connectivity index (χ2n) is 7.12. The summed E-state index contributed by atoms with van der Waals surface area (Å²) < 4.78 is 45.1. The molecule has 9 heteroatoms. The smallest absolute Gasteiger partial charge is 0.416 e. The number of amides is 1. The number of oxazole rings is 1. The van der Waals surface area contributed by atoms with Gasteiger partial charge < -0.3 is 14.6 Å². The van der Waals surface area contributed by atoms with Crippen LogP contribution < -0.4 is 10.2 Å². The van der Waals surface area contributed by atoms with Gasteiger partial charge in [-0.15, -0.1) is 11.3 Å². The molecular weight excluding hydrogens is 415 g/mol. The van der Waals surface area contributed by atoms with Crippen molar-refractivity contribution in [2.24, 2.45) is 0 Å². The molecule has 3 aromatic rings. The van der Waals surface area contributed by atoms with Gasteiger partial charge in [-0.2, -0.15) is 13.2 Å². The zero-order valence-corrected chi connectivity index (χ0v) is 16.9. The summed E-state index contributed by atoms with van der Waals surface area (Å²) in [5.41, 5.74) is 0.400. The van der Waals surface area contributed by atoms with E-state index in [-0.39, 0.29) is 12.1 Å². The van der Waals surface area contributed by atoms with Crippen LogP contribution in [0.5, 0.6) is 0 Å². The van der Waals surface area contributed by atoms with E-state index in [1.165, 1.54) is 23.7 Å². The fourth-order valence-electron chi connectivity index (χ4n) is 3.48. The average Bonchev–Trinajstić information content (AvgIpc) is 3.39. The quantitative estimate of drug-likeness (QED) is 0.567. The van der Waals surface area contributed by atoms with Gasteiger partial charge in [0.1, 0.15) is 6.26 Å².